The zero-order valence-corrected chi connectivity index (χ0v) is 10.6. The Morgan fingerprint density at radius 1 is 1.17 bits per heavy atom. The normalized spacial score (nSPS) is 11.2. The lowest BCUT2D eigenvalue weighted by molar-refractivity contribution is 0.838. The van der Waals surface area contributed by atoms with E-state index in [0.29, 0.717) is 11.4 Å². The average molecular weight is 260 g/mol. The SMILES string of the molecule is CCc1nnc2sc(-c3cc(N)cc(N)c3)nn12. The first-order chi connectivity index (χ1) is 8.67. The van der Waals surface area contributed by atoms with Crippen molar-refractivity contribution in [1.82, 2.24) is 19.8 Å². The van der Waals surface area contributed by atoms with Crippen LogP contribution in [0, 0.1) is 0 Å². The van der Waals surface area contributed by atoms with Crippen molar-refractivity contribution >= 4 is 27.7 Å². The zero-order valence-electron chi connectivity index (χ0n) is 9.79. The van der Waals surface area contributed by atoms with Crippen LogP contribution in [0.25, 0.3) is 15.5 Å². The Morgan fingerprint density at radius 3 is 2.56 bits per heavy atom. The van der Waals surface area contributed by atoms with Crippen molar-refractivity contribution in [2.75, 3.05) is 11.5 Å². The van der Waals surface area contributed by atoms with Crippen LogP contribution in [0.3, 0.4) is 0 Å². The van der Waals surface area contributed by atoms with Crippen molar-refractivity contribution in [2.45, 2.75) is 13.3 Å². The molecule has 3 aromatic rings. The average Bonchev–Trinajstić information content (AvgIpc) is 2.86. The maximum absolute atomic E-state index is 5.78. The van der Waals surface area contributed by atoms with Gasteiger partial charge in [0, 0.05) is 23.4 Å². The molecule has 92 valence electrons. The fourth-order valence-corrected chi connectivity index (χ4v) is 2.64. The van der Waals surface area contributed by atoms with Crippen molar-refractivity contribution in [3.8, 4) is 10.6 Å². The Kier molecular flexibility index (Phi) is 2.41. The number of hydrogen-bond acceptors (Lipinski definition) is 6. The number of nitrogens with two attached hydrogens (primary N) is 2. The van der Waals surface area contributed by atoms with Gasteiger partial charge in [-0.2, -0.15) is 9.61 Å². The molecule has 0 aliphatic heterocycles. The summed E-state index contributed by atoms with van der Waals surface area (Å²) in [7, 11) is 0. The maximum atomic E-state index is 5.78. The fourth-order valence-electron chi connectivity index (χ4n) is 1.79. The van der Waals surface area contributed by atoms with Gasteiger partial charge in [-0.05, 0) is 18.2 Å². The molecule has 7 heteroatoms. The van der Waals surface area contributed by atoms with Crippen LogP contribution in [0.2, 0.25) is 0 Å². The summed E-state index contributed by atoms with van der Waals surface area (Å²) < 4.78 is 1.76. The second kappa shape index (κ2) is 3.95. The standard InChI is InChI=1S/C11H12N6S/c1-2-9-14-15-11-17(9)16-10(18-11)6-3-7(12)5-8(13)4-6/h3-5H,2,12-13H2,1H3. The molecular formula is C11H12N6S. The van der Waals surface area contributed by atoms with E-state index in [1.807, 2.05) is 19.1 Å². The van der Waals surface area contributed by atoms with Crippen molar-refractivity contribution in [3.05, 3.63) is 24.0 Å². The van der Waals surface area contributed by atoms with Crippen LogP contribution < -0.4 is 11.5 Å². The van der Waals surface area contributed by atoms with Crippen molar-refractivity contribution in [2.24, 2.45) is 0 Å². The molecule has 0 fully saturated rings. The van der Waals surface area contributed by atoms with E-state index in [2.05, 4.69) is 15.3 Å². The molecule has 0 radical (unpaired) electrons. The number of fused-ring (bicyclic) bond motifs is 1. The summed E-state index contributed by atoms with van der Waals surface area (Å²) in [6.07, 6.45) is 0.795. The van der Waals surface area contributed by atoms with Crippen LogP contribution >= 0.6 is 11.3 Å². The minimum absolute atomic E-state index is 0.631. The number of aromatic nitrogens is 4. The fraction of sp³-hybridized carbons (Fsp3) is 0.182. The molecule has 0 bridgehead atoms. The van der Waals surface area contributed by atoms with E-state index >= 15 is 0 Å². The lowest BCUT2D eigenvalue weighted by atomic mass is 10.2. The predicted molar refractivity (Wildman–Crippen MR) is 72.3 cm³/mol. The summed E-state index contributed by atoms with van der Waals surface area (Å²) in [6.45, 7) is 2.02. The van der Waals surface area contributed by atoms with E-state index in [4.69, 9.17) is 11.5 Å². The van der Waals surface area contributed by atoms with E-state index < -0.39 is 0 Å². The molecule has 0 saturated heterocycles. The third-order valence-electron chi connectivity index (χ3n) is 2.60. The third-order valence-corrected chi connectivity index (χ3v) is 3.54. The minimum atomic E-state index is 0.631. The molecule has 0 unspecified atom stereocenters. The van der Waals surface area contributed by atoms with Gasteiger partial charge >= 0.3 is 0 Å². The van der Waals surface area contributed by atoms with Gasteiger partial charge in [0.2, 0.25) is 4.96 Å². The molecule has 2 aromatic heterocycles. The summed E-state index contributed by atoms with van der Waals surface area (Å²) in [6, 6.07) is 5.43. The van der Waals surface area contributed by atoms with Gasteiger partial charge in [0.25, 0.3) is 0 Å². The molecule has 0 atom stereocenters. The van der Waals surface area contributed by atoms with Crippen LogP contribution in [0.4, 0.5) is 11.4 Å². The molecule has 2 heterocycles. The van der Waals surface area contributed by atoms with Gasteiger partial charge in [0.1, 0.15) is 5.01 Å². The number of aryl methyl sites for hydroxylation is 1. The summed E-state index contributed by atoms with van der Waals surface area (Å²) in [5.41, 5.74) is 13.7. The van der Waals surface area contributed by atoms with Crippen LogP contribution in [-0.2, 0) is 6.42 Å². The molecule has 1 aromatic carbocycles. The van der Waals surface area contributed by atoms with E-state index in [1.54, 1.807) is 10.6 Å². The summed E-state index contributed by atoms with van der Waals surface area (Å²) >= 11 is 1.47. The summed E-state index contributed by atoms with van der Waals surface area (Å²) in [5, 5.41) is 13.5. The van der Waals surface area contributed by atoms with Crippen LogP contribution in [0.1, 0.15) is 12.7 Å². The van der Waals surface area contributed by atoms with E-state index in [9.17, 15) is 0 Å². The van der Waals surface area contributed by atoms with Gasteiger partial charge in [-0.3, -0.25) is 0 Å². The first-order valence-electron chi connectivity index (χ1n) is 5.55. The number of nitrogen functional groups attached to an aromatic ring is 2. The molecule has 0 aliphatic rings. The van der Waals surface area contributed by atoms with Crippen molar-refractivity contribution in [1.29, 1.82) is 0 Å². The van der Waals surface area contributed by atoms with Crippen LogP contribution in [0.15, 0.2) is 18.2 Å². The Bertz CT molecular complexity index is 693. The molecule has 0 spiro atoms. The lowest BCUT2D eigenvalue weighted by Crippen LogP contribution is -1.94. The Hall–Kier alpha value is -2.15. The monoisotopic (exact) mass is 260 g/mol. The Morgan fingerprint density at radius 2 is 1.89 bits per heavy atom. The quantitative estimate of drug-likeness (QED) is 0.682. The van der Waals surface area contributed by atoms with E-state index in [-0.39, 0.29) is 0 Å². The smallest absolute Gasteiger partial charge is 0.234 e. The first kappa shape index (κ1) is 11.0. The highest BCUT2D eigenvalue weighted by atomic mass is 32.1. The Labute approximate surface area is 107 Å². The largest absolute Gasteiger partial charge is 0.399 e. The molecule has 4 N–H and O–H groups in total. The number of hydrogen-bond donors (Lipinski definition) is 2. The molecule has 3 rings (SSSR count). The van der Waals surface area contributed by atoms with Crippen molar-refractivity contribution in [3.63, 3.8) is 0 Å². The van der Waals surface area contributed by atoms with Gasteiger partial charge in [0.05, 0.1) is 0 Å². The third kappa shape index (κ3) is 1.68. The van der Waals surface area contributed by atoms with E-state index in [1.165, 1.54) is 11.3 Å². The molecule has 0 amide bonds. The highest BCUT2D eigenvalue weighted by molar-refractivity contribution is 7.19. The topological polar surface area (TPSA) is 95.1 Å². The number of rotatable bonds is 2. The molecule has 0 aliphatic carbocycles. The minimum Gasteiger partial charge on any atom is -0.399 e. The number of anilines is 2. The van der Waals surface area contributed by atoms with Gasteiger partial charge in [-0.1, -0.05) is 18.3 Å². The zero-order chi connectivity index (χ0) is 12.7. The highest BCUT2D eigenvalue weighted by Gasteiger charge is 2.12. The molecule has 0 saturated carbocycles. The van der Waals surface area contributed by atoms with Crippen LogP contribution in [-0.4, -0.2) is 19.8 Å². The van der Waals surface area contributed by atoms with E-state index in [0.717, 1.165) is 27.8 Å². The first-order valence-corrected chi connectivity index (χ1v) is 6.36. The molecular weight excluding hydrogens is 248 g/mol. The molecule has 6 nitrogen and oxygen atoms in total. The predicted octanol–water partition coefficient (Wildman–Crippen LogP) is 1.58. The Balaban J connectivity index is 2.16. The van der Waals surface area contributed by atoms with Gasteiger partial charge in [-0.25, -0.2) is 0 Å². The lowest BCUT2D eigenvalue weighted by Gasteiger charge is -2.00. The molecule has 18 heavy (non-hydrogen) atoms. The van der Waals surface area contributed by atoms with Gasteiger partial charge < -0.3 is 11.5 Å². The second-order valence-corrected chi connectivity index (χ2v) is 4.92. The number of nitrogens with zero attached hydrogens (tertiary/aromatic N) is 4. The number of benzene rings is 1. The van der Waals surface area contributed by atoms with Crippen LogP contribution in [0.5, 0.6) is 0 Å². The second-order valence-electron chi connectivity index (χ2n) is 3.96. The summed E-state index contributed by atoms with van der Waals surface area (Å²) in [4.78, 5) is 0.780. The van der Waals surface area contributed by atoms with Gasteiger partial charge in [0.15, 0.2) is 5.82 Å². The van der Waals surface area contributed by atoms with Crippen molar-refractivity contribution < 1.29 is 0 Å². The summed E-state index contributed by atoms with van der Waals surface area (Å²) in [5.74, 6) is 0.851. The highest BCUT2D eigenvalue weighted by Crippen LogP contribution is 2.28. The van der Waals surface area contributed by atoms with Gasteiger partial charge in [-0.15, -0.1) is 10.2 Å². The maximum Gasteiger partial charge on any atom is 0.234 e.